The van der Waals surface area contributed by atoms with E-state index in [0.29, 0.717) is 10.6 Å². The molecule has 0 saturated heterocycles. The third kappa shape index (κ3) is 4.04. The summed E-state index contributed by atoms with van der Waals surface area (Å²) in [7, 11) is 0. The van der Waals surface area contributed by atoms with Crippen molar-refractivity contribution in [3.8, 4) is 0 Å². The van der Waals surface area contributed by atoms with Crippen molar-refractivity contribution in [3.63, 3.8) is 0 Å². The van der Waals surface area contributed by atoms with Gasteiger partial charge in [0.2, 0.25) is 5.91 Å². The van der Waals surface area contributed by atoms with Gasteiger partial charge < -0.3 is 11.5 Å². The molecule has 16 heavy (non-hydrogen) atoms. The molecule has 0 aromatic heterocycles. The lowest BCUT2D eigenvalue weighted by atomic mass is 10.1. The van der Waals surface area contributed by atoms with Crippen molar-refractivity contribution in [2.75, 3.05) is 5.75 Å². The largest absolute Gasteiger partial charge is 0.366 e. The first-order chi connectivity index (χ1) is 7.50. The third-order valence-corrected chi connectivity index (χ3v) is 3.60. The van der Waals surface area contributed by atoms with Crippen molar-refractivity contribution in [2.24, 2.45) is 11.5 Å². The van der Waals surface area contributed by atoms with Gasteiger partial charge in [0.25, 0.3) is 0 Å². The molecule has 1 amide bonds. The standard InChI is InChI=1S/C11H15ClN2OS/c1-7(13)5-16-6-9-3-2-8(11(14)15)4-10(9)12/h2-4,7H,5-6,13H2,1H3,(H2,14,15). The molecule has 1 aromatic carbocycles. The number of thioether (sulfide) groups is 1. The van der Waals surface area contributed by atoms with E-state index >= 15 is 0 Å². The van der Waals surface area contributed by atoms with E-state index in [1.54, 1.807) is 23.9 Å². The highest BCUT2D eigenvalue weighted by Crippen LogP contribution is 2.22. The van der Waals surface area contributed by atoms with Crippen LogP contribution in [0.2, 0.25) is 5.02 Å². The molecule has 1 unspecified atom stereocenters. The van der Waals surface area contributed by atoms with Gasteiger partial charge in [0.05, 0.1) is 0 Å². The monoisotopic (exact) mass is 258 g/mol. The molecule has 4 N–H and O–H groups in total. The van der Waals surface area contributed by atoms with Crippen molar-refractivity contribution >= 4 is 29.3 Å². The first-order valence-corrected chi connectivity index (χ1v) is 6.45. The zero-order chi connectivity index (χ0) is 12.1. The Balaban J connectivity index is 2.64. The van der Waals surface area contributed by atoms with Crippen molar-refractivity contribution in [3.05, 3.63) is 34.3 Å². The SMILES string of the molecule is CC(N)CSCc1ccc(C(N)=O)cc1Cl. The molecule has 0 radical (unpaired) electrons. The molecular weight excluding hydrogens is 244 g/mol. The maximum atomic E-state index is 10.9. The lowest BCUT2D eigenvalue weighted by Crippen LogP contribution is -2.17. The van der Waals surface area contributed by atoms with Crippen molar-refractivity contribution in [1.29, 1.82) is 0 Å². The fraction of sp³-hybridized carbons (Fsp3) is 0.364. The van der Waals surface area contributed by atoms with Gasteiger partial charge in [-0.3, -0.25) is 4.79 Å². The lowest BCUT2D eigenvalue weighted by Gasteiger charge is -2.07. The molecule has 5 heteroatoms. The molecule has 0 heterocycles. The van der Waals surface area contributed by atoms with E-state index in [0.717, 1.165) is 17.1 Å². The molecular formula is C11H15ClN2OS. The van der Waals surface area contributed by atoms with E-state index in [-0.39, 0.29) is 6.04 Å². The van der Waals surface area contributed by atoms with Crippen LogP contribution in [-0.4, -0.2) is 17.7 Å². The van der Waals surface area contributed by atoms with Gasteiger partial charge in [-0.15, -0.1) is 0 Å². The fourth-order valence-corrected chi connectivity index (χ4v) is 2.46. The highest BCUT2D eigenvalue weighted by Gasteiger charge is 2.06. The van der Waals surface area contributed by atoms with Gasteiger partial charge in [-0.05, 0) is 24.6 Å². The zero-order valence-corrected chi connectivity index (χ0v) is 10.6. The smallest absolute Gasteiger partial charge is 0.248 e. The van der Waals surface area contributed by atoms with Gasteiger partial charge in [-0.2, -0.15) is 11.8 Å². The summed E-state index contributed by atoms with van der Waals surface area (Å²) in [5.41, 5.74) is 12.2. The van der Waals surface area contributed by atoms with Crippen LogP contribution < -0.4 is 11.5 Å². The zero-order valence-electron chi connectivity index (χ0n) is 9.07. The fourth-order valence-electron chi connectivity index (χ4n) is 1.17. The van der Waals surface area contributed by atoms with Crippen molar-refractivity contribution in [2.45, 2.75) is 18.7 Å². The summed E-state index contributed by atoms with van der Waals surface area (Å²) in [6.07, 6.45) is 0. The second-order valence-electron chi connectivity index (χ2n) is 3.66. The van der Waals surface area contributed by atoms with E-state index in [1.807, 2.05) is 13.0 Å². The maximum Gasteiger partial charge on any atom is 0.248 e. The summed E-state index contributed by atoms with van der Waals surface area (Å²) in [6.45, 7) is 1.96. The molecule has 0 saturated carbocycles. The summed E-state index contributed by atoms with van der Waals surface area (Å²) in [5.74, 6) is 1.21. The maximum absolute atomic E-state index is 10.9. The van der Waals surface area contributed by atoms with Crippen LogP contribution in [0.1, 0.15) is 22.8 Å². The number of hydrogen-bond acceptors (Lipinski definition) is 3. The van der Waals surface area contributed by atoms with Crippen LogP contribution in [0.5, 0.6) is 0 Å². The number of hydrogen-bond donors (Lipinski definition) is 2. The van der Waals surface area contributed by atoms with E-state index in [9.17, 15) is 4.79 Å². The number of rotatable bonds is 5. The number of nitrogens with two attached hydrogens (primary N) is 2. The van der Waals surface area contributed by atoms with Gasteiger partial charge in [0.15, 0.2) is 0 Å². The normalized spacial score (nSPS) is 12.4. The molecule has 0 aliphatic carbocycles. The van der Waals surface area contributed by atoms with Crippen LogP contribution in [0.15, 0.2) is 18.2 Å². The number of primary amides is 1. The van der Waals surface area contributed by atoms with E-state index in [1.165, 1.54) is 0 Å². The minimum Gasteiger partial charge on any atom is -0.366 e. The van der Waals surface area contributed by atoms with E-state index in [4.69, 9.17) is 23.1 Å². The molecule has 0 aliphatic heterocycles. The Kier molecular flexibility index (Phi) is 5.12. The molecule has 88 valence electrons. The van der Waals surface area contributed by atoms with Crippen LogP contribution in [0.25, 0.3) is 0 Å². The second-order valence-corrected chi connectivity index (χ2v) is 5.10. The first kappa shape index (κ1) is 13.4. The number of halogens is 1. The third-order valence-electron chi connectivity index (χ3n) is 1.98. The van der Waals surface area contributed by atoms with E-state index in [2.05, 4.69) is 0 Å². The highest BCUT2D eigenvalue weighted by atomic mass is 35.5. The van der Waals surface area contributed by atoms with Gasteiger partial charge in [-0.1, -0.05) is 17.7 Å². The molecule has 0 bridgehead atoms. The Morgan fingerprint density at radius 1 is 1.56 bits per heavy atom. The van der Waals surface area contributed by atoms with Crippen LogP contribution in [0.3, 0.4) is 0 Å². The quantitative estimate of drug-likeness (QED) is 0.849. The second kappa shape index (κ2) is 6.13. The average Bonchev–Trinajstić information content (AvgIpc) is 2.19. The Bertz CT molecular complexity index is 382. The minimum absolute atomic E-state index is 0.175. The number of carbonyl (C=O) groups excluding carboxylic acids is 1. The van der Waals surface area contributed by atoms with Gasteiger partial charge in [0.1, 0.15) is 0 Å². The lowest BCUT2D eigenvalue weighted by molar-refractivity contribution is 0.100. The number of benzene rings is 1. The van der Waals surface area contributed by atoms with Crippen LogP contribution >= 0.6 is 23.4 Å². The minimum atomic E-state index is -0.461. The Morgan fingerprint density at radius 2 is 2.25 bits per heavy atom. The Hall–Kier alpha value is -0.710. The van der Waals surface area contributed by atoms with E-state index < -0.39 is 5.91 Å². The Morgan fingerprint density at radius 3 is 2.75 bits per heavy atom. The first-order valence-electron chi connectivity index (χ1n) is 4.92. The molecule has 0 spiro atoms. The predicted octanol–water partition coefficient (Wildman–Crippen LogP) is 2.02. The van der Waals surface area contributed by atoms with Gasteiger partial charge >= 0.3 is 0 Å². The number of amides is 1. The average molecular weight is 259 g/mol. The number of carbonyl (C=O) groups is 1. The summed E-state index contributed by atoms with van der Waals surface area (Å²) in [6, 6.07) is 5.30. The topological polar surface area (TPSA) is 69.1 Å². The summed E-state index contributed by atoms with van der Waals surface area (Å²) in [5, 5.41) is 0.577. The molecule has 3 nitrogen and oxygen atoms in total. The van der Waals surface area contributed by atoms with Crippen molar-refractivity contribution in [1.82, 2.24) is 0 Å². The molecule has 1 atom stereocenters. The summed E-state index contributed by atoms with van der Waals surface area (Å²) in [4.78, 5) is 10.9. The summed E-state index contributed by atoms with van der Waals surface area (Å²) >= 11 is 7.75. The van der Waals surface area contributed by atoms with Crippen LogP contribution in [-0.2, 0) is 5.75 Å². The van der Waals surface area contributed by atoms with Crippen LogP contribution in [0.4, 0.5) is 0 Å². The van der Waals surface area contributed by atoms with Crippen LogP contribution in [0, 0.1) is 0 Å². The van der Waals surface area contributed by atoms with Gasteiger partial charge in [0, 0.05) is 28.1 Å². The Labute approximate surface area is 105 Å². The molecule has 0 fully saturated rings. The van der Waals surface area contributed by atoms with Crippen molar-refractivity contribution < 1.29 is 4.79 Å². The molecule has 0 aliphatic rings. The summed E-state index contributed by atoms with van der Waals surface area (Å²) < 4.78 is 0. The highest BCUT2D eigenvalue weighted by molar-refractivity contribution is 7.98. The predicted molar refractivity (Wildman–Crippen MR) is 69.8 cm³/mol. The van der Waals surface area contributed by atoms with Gasteiger partial charge in [-0.25, -0.2) is 0 Å². The molecule has 1 aromatic rings. The molecule has 1 rings (SSSR count).